The van der Waals surface area contributed by atoms with E-state index in [9.17, 15) is 9.18 Å². The Hall–Kier alpha value is -1.89. The van der Waals surface area contributed by atoms with Gasteiger partial charge >= 0.3 is 6.09 Å². The van der Waals surface area contributed by atoms with Gasteiger partial charge in [-0.2, -0.15) is 0 Å². The standard InChI is InChI=1S/C19H27FN4O2/c1-2-26-19(25)24-14-5-6-15(24)13-16(12-14)22-8-10-23(11-9-22)18-17(20)4-3-7-21-18/h3-4,7,14-16H,2,5-6,8-13H2,1H3. The molecule has 26 heavy (non-hydrogen) atoms. The van der Waals surface area contributed by atoms with Crippen LogP contribution in [0.5, 0.6) is 0 Å². The molecule has 0 N–H and O–H groups in total. The van der Waals surface area contributed by atoms with Gasteiger partial charge in [-0.05, 0) is 44.7 Å². The molecule has 0 saturated carbocycles. The van der Waals surface area contributed by atoms with Gasteiger partial charge in [0.15, 0.2) is 11.6 Å². The largest absolute Gasteiger partial charge is 0.450 e. The van der Waals surface area contributed by atoms with E-state index >= 15 is 0 Å². The predicted octanol–water partition coefficient (Wildman–Crippen LogP) is 2.49. The molecule has 2 bridgehead atoms. The van der Waals surface area contributed by atoms with E-state index in [-0.39, 0.29) is 11.9 Å². The van der Waals surface area contributed by atoms with Gasteiger partial charge in [-0.3, -0.25) is 4.90 Å². The van der Waals surface area contributed by atoms with E-state index in [1.807, 2.05) is 16.7 Å². The number of halogens is 1. The van der Waals surface area contributed by atoms with E-state index in [1.54, 1.807) is 12.3 Å². The number of pyridine rings is 1. The molecule has 4 heterocycles. The molecule has 0 aromatic carbocycles. The average molecular weight is 362 g/mol. The summed E-state index contributed by atoms with van der Waals surface area (Å²) in [5.74, 6) is 0.214. The number of aromatic nitrogens is 1. The Morgan fingerprint density at radius 3 is 2.50 bits per heavy atom. The summed E-state index contributed by atoms with van der Waals surface area (Å²) in [6.07, 6.45) is 5.71. The lowest BCUT2D eigenvalue weighted by molar-refractivity contribution is 0.0395. The van der Waals surface area contributed by atoms with Crippen molar-refractivity contribution in [2.24, 2.45) is 0 Å². The Morgan fingerprint density at radius 1 is 1.19 bits per heavy atom. The zero-order chi connectivity index (χ0) is 18.1. The molecule has 4 rings (SSSR count). The summed E-state index contributed by atoms with van der Waals surface area (Å²) in [7, 11) is 0. The van der Waals surface area contributed by atoms with Gasteiger partial charge in [-0.15, -0.1) is 0 Å². The highest BCUT2D eigenvalue weighted by atomic mass is 19.1. The quantitative estimate of drug-likeness (QED) is 0.827. The van der Waals surface area contributed by atoms with Gasteiger partial charge in [0.2, 0.25) is 0 Å². The van der Waals surface area contributed by atoms with Gasteiger partial charge in [-0.1, -0.05) is 0 Å². The lowest BCUT2D eigenvalue weighted by atomic mass is 9.95. The molecule has 3 aliphatic rings. The highest BCUT2D eigenvalue weighted by Gasteiger charge is 2.45. The third kappa shape index (κ3) is 3.24. The van der Waals surface area contributed by atoms with Crippen LogP contribution in [0.4, 0.5) is 15.0 Å². The number of rotatable bonds is 3. The van der Waals surface area contributed by atoms with E-state index in [0.29, 0.717) is 30.6 Å². The molecule has 1 aromatic heterocycles. The number of piperidine rings is 1. The third-order valence-corrected chi connectivity index (χ3v) is 6.06. The van der Waals surface area contributed by atoms with Crippen molar-refractivity contribution in [1.29, 1.82) is 0 Å². The maximum Gasteiger partial charge on any atom is 0.410 e. The second-order valence-corrected chi connectivity index (χ2v) is 7.45. The molecule has 1 amide bonds. The lowest BCUT2D eigenvalue weighted by Gasteiger charge is -2.45. The summed E-state index contributed by atoms with van der Waals surface area (Å²) in [6, 6.07) is 4.22. The van der Waals surface area contributed by atoms with Gasteiger partial charge in [0.1, 0.15) is 0 Å². The number of hydrogen-bond acceptors (Lipinski definition) is 5. The van der Waals surface area contributed by atoms with Crippen LogP contribution in [0.3, 0.4) is 0 Å². The molecular formula is C19H27FN4O2. The minimum Gasteiger partial charge on any atom is -0.450 e. The third-order valence-electron chi connectivity index (χ3n) is 6.06. The fraction of sp³-hybridized carbons (Fsp3) is 0.684. The van der Waals surface area contributed by atoms with Crippen LogP contribution in [-0.2, 0) is 4.74 Å². The second kappa shape index (κ2) is 7.39. The maximum absolute atomic E-state index is 14.0. The molecule has 2 unspecified atom stereocenters. The zero-order valence-electron chi connectivity index (χ0n) is 15.3. The Morgan fingerprint density at radius 2 is 1.88 bits per heavy atom. The van der Waals surface area contributed by atoms with Gasteiger partial charge < -0.3 is 14.5 Å². The SMILES string of the molecule is CCOC(=O)N1C2CCC1CC(N1CCN(c3ncccc3F)CC1)C2. The first-order valence-corrected chi connectivity index (χ1v) is 9.72. The van der Waals surface area contributed by atoms with E-state index < -0.39 is 0 Å². The van der Waals surface area contributed by atoms with Crippen LogP contribution in [0.25, 0.3) is 0 Å². The number of piperazine rings is 1. The summed E-state index contributed by atoms with van der Waals surface area (Å²) in [4.78, 5) is 22.9. The van der Waals surface area contributed by atoms with E-state index in [1.165, 1.54) is 6.07 Å². The predicted molar refractivity (Wildman–Crippen MR) is 96.7 cm³/mol. The molecule has 0 spiro atoms. The van der Waals surface area contributed by atoms with Crippen molar-refractivity contribution in [2.75, 3.05) is 37.7 Å². The van der Waals surface area contributed by atoms with Gasteiger partial charge in [0.05, 0.1) is 6.61 Å². The summed E-state index contributed by atoms with van der Waals surface area (Å²) < 4.78 is 19.2. The van der Waals surface area contributed by atoms with Crippen molar-refractivity contribution in [3.63, 3.8) is 0 Å². The number of ether oxygens (including phenoxy) is 1. The van der Waals surface area contributed by atoms with Crippen LogP contribution >= 0.6 is 0 Å². The van der Waals surface area contributed by atoms with Crippen LogP contribution in [0.2, 0.25) is 0 Å². The fourth-order valence-corrected chi connectivity index (χ4v) is 4.85. The number of hydrogen-bond donors (Lipinski definition) is 0. The minimum atomic E-state index is -0.248. The van der Waals surface area contributed by atoms with Crippen LogP contribution in [0.1, 0.15) is 32.6 Å². The average Bonchev–Trinajstić information content (AvgIpc) is 2.92. The smallest absolute Gasteiger partial charge is 0.410 e. The Balaban J connectivity index is 1.35. The van der Waals surface area contributed by atoms with Crippen molar-refractivity contribution in [1.82, 2.24) is 14.8 Å². The summed E-state index contributed by atoms with van der Waals surface area (Å²) in [5.41, 5.74) is 0. The highest BCUT2D eigenvalue weighted by molar-refractivity contribution is 5.69. The summed E-state index contributed by atoms with van der Waals surface area (Å²) >= 11 is 0. The molecular weight excluding hydrogens is 335 g/mol. The van der Waals surface area contributed by atoms with Crippen molar-refractivity contribution in [2.45, 2.75) is 50.7 Å². The Kier molecular flexibility index (Phi) is 4.98. The first-order valence-electron chi connectivity index (χ1n) is 9.72. The van der Waals surface area contributed by atoms with Crippen LogP contribution in [0.15, 0.2) is 18.3 Å². The zero-order valence-corrected chi connectivity index (χ0v) is 15.3. The van der Waals surface area contributed by atoms with Crippen LogP contribution < -0.4 is 4.90 Å². The first kappa shape index (κ1) is 17.5. The van der Waals surface area contributed by atoms with Gasteiger partial charge in [0.25, 0.3) is 0 Å². The molecule has 2 atom stereocenters. The molecule has 6 nitrogen and oxygen atoms in total. The molecule has 142 valence electrons. The summed E-state index contributed by atoms with van der Waals surface area (Å²) in [5, 5.41) is 0. The summed E-state index contributed by atoms with van der Waals surface area (Å²) in [6.45, 7) is 5.71. The molecule has 1 aromatic rings. The number of amides is 1. The van der Waals surface area contributed by atoms with Crippen LogP contribution in [-0.4, -0.2) is 71.8 Å². The monoisotopic (exact) mass is 362 g/mol. The van der Waals surface area contributed by atoms with E-state index in [2.05, 4.69) is 9.88 Å². The highest BCUT2D eigenvalue weighted by Crippen LogP contribution is 2.38. The molecule has 0 aliphatic carbocycles. The number of carbonyl (C=O) groups is 1. The second-order valence-electron chi connectivity index (χ2n) is 7.45. The minimum absolute atomic E-state index is 0.145. The Labute approximate surface area is 153 Å². The molecule has 7 heteroatoms. The maximum atomic E-state index is 14.0. The number of anilines is 1. The van der Waals surface area contributed by atoms with Gasteiger partial charge in [-0.25, -0.2) is 14.2 Å². The Bertz CT molecular complexity index is 636. The molecule has 3 saturated heterocycles. The number of nitrogens with zero attached hydrogens (tertiary/aromatic N) is 4. The number of carbonyl (C=O) groups excluding carboxylic acids is 1. The van der Waals surface area contributed by atoms with Crippen molar-refractivity contribution >= 4 is 11.9 Å². The lowest BCUT2D eigenvalue weighted by Crippen LogP contribution is -2.57. The first-order chi connectivity index (χ1) is 12.7. The van der Waals surface area contributed by atoms with Crippen molar-refractivity contribution in [3.05, 3.63) is 24.1 Å². The van der Waals surface area contributed by atoms with Crippen molar-refractivity contribution in [3.8, 4) is 0 Å². The topological polar surface area (TPSA) is 48.9 Å². The van der Waals surface area contributed by atoms with E-state index in [0.717, 1.165) is 51.9 Å². The number of fused-ring (bicyclic) bond motifs is 2. The molecule has 0 radical (unpaired) electrons. The fourth-order valence-electron chi connectivity index (χ4n) is 4.85. The normalized spacial score (nSPS) is 29.1. The van der Waals surface area contributed by atoms with E-state index in [4.69, 9.17) is 4.74 Å². The molecule has 3 fully saturated rings. The molecule has 3 aliphatic heterocycles. The van der Waals surface area contributed by atoms with Crippen LogP contribution in [0, 0.1) is 5.82 Å². The van der Waals surface area contributed by atoms with Crippen molar-refractivity contribution < 1.29 is 13.9 Å². The van der Waals surface area contributed by atoms with Gasteiger partial charge in [0, 0.05) is 50.5 Å².